The number of thiophene rings is 1. The van der Waals surface area contributed by atoms with E-state index in [0.717, 1.165) is 16.7 Å². The van der Waals surface area contributed by atoms with Gasteiger partial charge in [0.25, 0.3) is 0 Å². The molecule has 100 valence electrons. The first-order valence-electron chi connectivity index (χ1n) is 6.25. The van der Waals surface area contributed by atoms with Crippen molar-refractivity contribution in [2.75, 3.05) is 6.61 Å². The second kappa shape index (κ2) is 6.50. The van der Waals surface area contributed by atoms with Crippen LogP contribution in [0.25, 0.3) is 11.1 Å². The third kappa shape index (κ3) is 3.43. The molecular weight excluding hydrogens is 258 g/mol. The van der Waals surface area contributed by atoms with Crippen LogP contribution in [0.2, 0.25) is 0 Å². The minimum Gasteiger partial charge on any atom is -0.465 e. The van der Waals surface area contributed by atoms with E-state index in [1.165, 1.54) is 0 Å². The van der Waals surface area contributed by atoms with Gasteiger partial charge in [-0.15, -0.1) is 0 Å². The smallest absolute Gasteiger partial charge is 0.323 e. The fourth-order valence-electron chi connectivity index (χ4n) is 1.97. The Morgan fingerprint density at radius 2 is 2.16 bits per heavy atom. The third-order valence-corrected chi connectivity index (χ3v) is 3.56. The summed E-state index contributed by atoms with van der Waals surface area (Å²) in [6.07, 6.45) is 0.491. The zero-order valence-electron chi connectivity index (χ0n) is 10.8. The zero-order chi connectivity index (χ0) is 13.7. The minimum atomic E-state index is -0.611. The van der Waals surface area contributed by atoms with E-state index in [0.29, 0.717) is 13.0 Å². The predicted molar refractivity (Wildman–Crippen MR) is 78.1 cm³/mol. The van der Waals surface area contributed by atoms with Gasteiger partial charge in [0.15, 0.2) is 0 Å². The molecule has 19 heavy (non-hydrogen) atoms. The van der Waals surface area contributed by atoms with Crippen LogP contribution in [0.1, 0.15) is 12.5 Å². The summed E-state index contributed by atoms with van der Waals surface area (Å²) in [6, 6.07) is 9.47. The molecule has 0 amide bonds. The maximum atomic E-state index is 11.6. The van der Waals surface area contributed by atoms with Crippen molar-refractivity contribution in [3.8, 4) is 11.1 Å². The molecule has 0 saturated heterocycles. The fraction of sp³-hybridized carbons (Fsp3) is 0.267. The van der Waals surface area contributed by atoms with E-state index in [1.807, 2.05) is 23.6 Å². The number of ether oxygens (including phenoxy) is 1. The van der Waals surface area contributed by atoms with Crippen molar-refractivity contribution in [1.29, 1.82) is 0 Å². The van der Waals surface area contributed by atoms with E-state index in [4.69, 9.17) is 10.5 Å². The molecule has 0 aliphatic heterocycles. The highest BCUT2D eigenvalue weighted by atomic mass is 32.1. The Balaban J connectivity index is 2.19. The summed E-state index contributed by atoms with van der Waals surface area (Å²) in [5.41, 5.74) is 9.25. The third-order valence-electron chi connectivity index (χ3n) is 2.88. The first-order valence-corrected chi connectivity index (χ1v) is 7.19. The van der Waals surface area contributed by atoms with Gasteiger partial charge >= 0.3 is 5.97 Å². The predicted octanol–water partition coefficient (Wildman–Crippen LogP) is 2.85. The Hall–Kier alpha value is -1.65. The summed E-state index contributed by atoms with van der Waals surface area (Å²) < 4.78 is 4.94. The van der Waals surface area contributed by atoms with Gasteiger partial charge in [0.2, 0.25) is 0 Å². The molecule has 0 aliphatic carbocycles. The normalized spacial score (nSPS) is 12.1. The van der Waals surface area contributed by atoms with E-state index in [1.54, 1.807) is 18.3 Å². The van der Waals surface area contributed by atoms with Crippen molar-refractivity contribution in [3.05, 3.63) is 46.7 Å². The number of carbonyl (C=O) groups excluding carboxylic acids is 1. The molecule has 2 rings (SSSR count). The maximum absolute atomic E-state index is 11.6. The van der Waals surface area contributed by atoms with Crippen LogP contribution in [0.4, 0.5) is 0 Å². The van der Waals surface area contributed by atoms with Crippen molar-refractivity contribution in [1.82, 2.24) is 0 Å². The van der Waals surface area contributed by atoms with Crippen LogP contribution in [-0.4, -0.2) is 18.6 Å². The van der Waals surface area contributed by atoms with Gasteiger partial charge in [0.05, 0.1) is 6.61 Å². The summed E-state index contributed by atoms with van der Waals surface area (Å²) >= 11 is 1.65. The van der Waals surface area contributed by atoms with Crippen molar-refractivity contribution in [3.63, 3.8) is 0 Å². The Labute approximate surface area is 117 Å². The molecule has 0 spiro atoms. The first kappa shape index (κ1) is 13.8. The molecular formula is C15H17NO2S. The molecule has 1 atom stereocenters. The molecule has 0 bridgehead atoms. The van der Waals surface area contributed by atoms with Crippen molar-refractivity contribution in [2.24, 2.45) is 5.73 Å². The van der Waals surface area contributed by atoms with Gasteiger partial charge in [-0.25, -0.2) is 0 Å². The monoisotopic (exact) mass is 275 g/mol. The van der Waals surface area contributed by atoms with Gasteiger partial charge in [-0.3, -0.25) is 4.79 Å². The largest absolute Gasteiger partial charge is 0.465 e. The van der Waals surface area contributed by atoms with Crippen LogP contribution in [0.15, 0.2) is 41.1 Å². The zero-order valence-corrected chi connectivity index (χ0v) is 11.7. The first-order chi connectivity index (χ1) is 9.22. The van der Waals surface area contributed by atoms with Gasteiger partial charge in [-0.1, -0.05) is 24.3 Å². The lowest BCUT2D eigenvalue weighted by atomic mass is 9.97. The fourth-order valence-corrected chi connectivity index (χ4v) is 2.62. The van der Waals surface area contributed by atoms with Crippen molar-refractivity contribution in [2.45, 2.75) is 19.4 Å². The minimum absolute atomic E-state index is 0.345. The van der Waals surface area contributed by atoms with Gasteiger partial charge in [-0.05, 0) is 46.9 Å². The van der Waals surface area contributed by atoms with Gasteiger partial charge in [-0.2, -0.15) is 11.3 Å². The van der Waals surface area contributed by atoms with Crippen LogP contribution in [-0.2, 0) is 16.0 Å². The second-order valence-electron chi connectivity index (χ2n) is 4.23. The lowest BCUT2D eigenvalue weighted by Crippen LogP contribution is -2.34. The van der Waals surface area contributed by atoms with E-state index in [9.17, 15) is 4.79 Å². The molecule has 0 radical (unpaired) electrons. The number of hydrogen-bond donors (Lipinski definition) is 1. The van der Waals surface area contributed by atoms with E-state index in [2.05, 4.69) is 17.5 Å². The standard InChI is InChI=1S/C15H17NO2S/c1-2-18-15(17)14(16)9-11-5-3-4-6-13(11)12-7-8-19-10-12/h3-8,10,14H,2,9,16H2,1H3. The summed E-state index contributed by atoms with van der Waals surface area (Å²) in [7, 11) is 0. The summed E-state index contributed by atoms with van der Waals surface area (Å²) in [5.74, 6) is -0.345. The molecule has 4 heteroatoms. The average Bonchev–Trinajstić information content (AvgIpc) is 2.93. The average molecular weight is 275 g/mol. The van der Waals surface area contributed by atoms with Crippen LogP contribution < -0.4 is 5.73 Å². The number of carbonyl (C=O) groups is 1. The quantitative estimate of drug-likeness (QED) is 0.854. The molecule has 3 nitrogen and oxygen atoms in total. The molecule has 0 aliphatic rings. The van der Waals surface area contributed by atoms with Crippen molar-refractivity contribution < 1.29 is 9.53 Å². The van der Waals surface area contributed by atoms with E-state index in [-0.39, 0.29) is 5.97 Å². The van der Waals surface area contributed by atoms with E-state index >= 15 is 0 Å². The number of rotatable bonds is 5. The molecule has 0 saturated carbocycles. The lowest BCUT2D eigenvalue weighted by Gasteiger charge is -2.13. The van der Waals surface area contributed by atoms with Gasteiger partial charge < -0.3 is 10.5 Å². The second-order valence-corrected chi connectivity index (χ2v) is 5.01. The molecule has 1 aromatic heterocycles. The van der Waals surface area contributed by atoms with Crippen LogP contribution in [0.5, 0.6) is 0 Å². The molecule has 0 fully saturated rings. The lowest BCUT2D eigenvalue weighted by molar-refractivity contribution is -0.144. The van der Waals surface area contributed by atoms with Crippen LogP contribution in [0, 0.1) is 0 Å². The Kier molecular flexibility index (Phi) is 4.71. The Morgan fingerprint density at radius 1 is 1.37 bits per heavy atom. The molecule has 1 unspecified atom stereocenters. The summed E-state index contributed by atoms with van der Waals surface area (Å²) in [5, 5.41) is 4.13. The number of esters is 1. The van der Waals surface area contributed by atoms with Gasteiger partial charge in [0.1, 0.15) is 6.04 Å². The Morgan fingerprint density at radius 3 is 2.84 bits per heavy atom. The highest BCUT2D eigenvalue weighted by molar-refractivity contribution is 7.08. The number of hydrogen-bond acceptors (Lipinski definition) is 4. The topological polar surface area (TPSA) is 52.3 Å². The summed E-state index contributed by atoms with van der Waals surface area (Å²) in [6.45, 7) is 2.14. The molecule has 1 aromatic carbocycles. The summed E-state index contributed by atoms with van der Waals surface area (Å²) in [4.78, 5) is 11.6. The van der Waals surface area contributed by atoms with Crippen molar-refractivity contribution >= 4 is 17.3 Å². The molecule has 1 heterocycles. The van der Waals surface area contributed by atoms with Crippen LogP contribution >= 0.6 is 11.3 Å². The van der Waals surface area contributed by atoms with Crippen LogP contribution in [0.3, 0.4) is 0 Å². The van der Waals surface area contributed by atoms with Gasteiger partial charge in [0, 0.05) is 0 Å². The molecule has 2 N–H and O–H groups in total. The maximum Gasteiger partial charge on any atom is 0.323 e. The Bertz CT molecular complexity index is 537. The molecule has 2 aromatic rings. The SMILES string of the molecule is CCOC(=O)C(N)Cc1ccccc1-c1ccsc1. The van der Waals surface area contributed by atoms with E-state index < -0.39 is 6.04 Å². The number of nitrogens with two attached hydrogens (primary N) is 1. The highest BCUT2D eigenvalue weighted by Crippen LogP contribution is 2.26. The highest BCUT2D eigenvalue weighted by Gasteiger charge is 2.17. The number of benzene rings is 1.